The molecule has 0 aliphatic carbocycles. The number of thiazole rings is 1. The van der Waals surface area contributed by atoms with Gasteiger partial charge in [0.25, 0.3) is 5.91 Å². The normalized spacial score (nSPS) is 12.3. The van der Waals surface area contributed by atoms with Crippen molar-refractivity contribution in [3.8, 4) is 0 Å². The molecule has 12 heteroatoms. The molecule has 0 unspecified atom stereocenters. The van der Waals surface area contributed by atoms with Gasteiger partial charge in [0.2, 0.25) is 10.0 Å². The van der Waals surface area contributed by atoms with Gasteiger partial charge in [-0.25, -0.2) is 21.8 Å². The summed E-state index contributed by atoms with van der Waals surface area (Å²) in [6.45, 7) is 3.24. The van der Waals surface area contributed by atoms with Crippen LogP contribution in [-0.2, 0) is 26.4 Å². The maximum atomic E-state index is 13.7. The Hall–Kier alpha value is -3.16. The van der Waals surface area contributed by atoms with Crippen molar-refractivity contribution in [3.05, 3.63) is 83.9 Å². The number of aromatic nitrogens is 1. The summed E-state index contributed by atoms with van der Waals surface area (Å²) in [7, 11) is -3.37. The predicted molar refractivity (Wildman–Crippen MR) is 159 cm³/mol. The third kappa shape index (κ3) is 6.76. The van der Waals surface area contributed by atoms with Crippen molar-refractivity contribution in [2.75, 3.05) is 44.9 Å². The van der Waals surface area contributed by atoms with Gasteiger partial charge in [-0.2, -0.15) is 4.31 Å². The van der Waals surface area contributed by atoms with Gasteiger partial charge in [-0.15, -0.1) is 0 Å². The Morgan fingerprint density at radius 1 is 0.875 bits per heavy atom. The van der Waals surface area contributed by atoms with E-state index in [-0.39, 0.29) is 22.2 Å². The fourth-order valence-corrected chi connectivity index (χ4v) is 7.24. The summed E-state index contributed by atoms with van der Waals surface area (Å²) in [6.07, 6.45) is 1.15. The van der Waals surface area contributed by atoms with E-state index in [1.54, 1.807) is 24.0 Å². The van der Waals surface area contributed by atoms with Crippen molar-refractivity contribution in [3.63, 3.8) is 0 Å². The highest BCUT2D eigenvalue weighted by Crippen LogP contribution is 2.31. The third-order valence-electron chi connectivity index (χ3n) is 6.32. The van der Waals surface area contributed by atoms with Crippen molar-refractivity contribution >= 4 is 52.5 Å². The largest absolute Gasteiger partial charge is 0.308 e. The number of carbonyl (C=O) groups excluding carboxylic acids is 1. The van der Waals surface area contributed by atoms with Crippen LogP contribution in [0, 0.1) is 0 Å². The Kier molecular flexibility index (Phi) is 9.06. The number of likely N-dealkylation sites (N-methyl/N-ethyl adjacent to an activating group) is 1. The molecule has 4 aromatic rings. The standard InChI is InChI=1S/C28H32N4O5S3/c1-5-31(20-21-9-7-6-8-10-21)40(36,37)23-13-11-22(12-14-23)27(33)32(18-17-30(2)3)28-29-25-16-15-24(39(4,34)35)19-26(25)38-28/h6-16,19H,5,17-18,20H2,1-4H3. The maximum absolute atomic E-state index is 13.7. The molecule has 1 heterocycles. The van der Waals surface area contributed by atoms with Crippen LogP contribution in [0.15, 0.2) is 82.6 Å². The lowest BCUT2D eigenvalue weighted by Crippen LogP contribution is -2.36. The topological polar surface area (TPSA) is 108 Å². The van der Waals surface area contributed by atoms with Crippen LogP contribution in [-0.4, -0.2) is 76.9 Å². The Balaban J connectivity index is 1.62. The summed E-state index contributed by atoms with van der Waals surface area (Å²) in [6, 6.07) is 20.0. The van der Waals surface area contributed by atoms with Gasteiger partial charge >= 0.3 is 0 Å². The van der Waals surface area contributed by atoms with E-state index in [2.05, 4.69) is 4.98 Å². The molecule has 0 spiro atoms. The molecule has 0 atom stereocenters. The molecule has 40 heavy (non-hydrogen) atoms. The third-order valence-corrected chi connectivity index (χ3v) is 10.4. The number of sulfone groups is 1. The summed E-state index contributed by atoms with van der Waals surface area (Å²) < 4.78 is 52.8. The maximum Gasteiger partial charge on any atom is 0.260 e. The van der Waals surface area contributed by atoms with Crippen LogP contribution in [0.3, 0.4) is 0 Å². The molecule has 3 aromatic carbocycles. The Morgan fingerprint density at radius 2 is 1.52 bits per heavy atom. The second-order valence-electron chi connectivity index (χ2n) is 9.60. The summed E-state index contributed by atoms with van der Waals surface area (Å²) >= 11 is 1.23. The number of anilines is 1. The van der Waals surface area contributed by atoms with Gasteiger partial charge in [-0.05, 0) is 62.1 Å². The lowest BCUT2D eigenvalue weighted by Gasteiger charge is -2.23. The molecule has 0 aliphatic heterocycles. The van der Waals surface area contributed by atoms with Crippen molar-refractivity contribution in [1.29, 1.82) is 0 Å². The highest BCUT2D eigenvalue weighted by molar-refractivity contribution is 7.90. The van der Waals surface area contributed by atoms with E-state index in [9.17, 15) is 21.6 Å². The highest BCUT2D eigenvalue weighted by Gasteiger charge is 2.26. The molecule has 0 saturated heterocycles. The minimum Gasteiger partial charge on any atom is -0.308 e. The van der Waals surface area contributed by atoms with E-state index in [4.69, 9.17) is 0 Å². The molecular weight excluding hydrogens is 569 g/mol. The fourth-order valence-electron chi connectivity index (χ4n) is 4.05. The van der Waals surface area contributed by atoms with Gasteiger partial charge in [-0.3, -0.25) is 9.69 Å². The first-order chi connectivity index (χ1) is 18.9. The van der Waals surface area contributed by atoms with Crippen LogP contribution >= 0.6 is 11.3 Å². The first-order valence-electron chi connectivity index (χ1n) is 12.6. The minimum absolute atomic E-state index is 0.106. The SMILES string of the molecule is CCN(Cc1ccccc1)S(=O)(=O)c1ccc(C(=O)N(CCN(C)C)c2nc3ccc(S(C)(=O)=O)cc3s2)cc1. The number of benzene rings is 3. The zero-order valence-corrected chi connectivity index (χ0v) is 25.3. The van der Waals surface area contributed by atoms with Gasteiger partial charge < -0.3 is 4.90 Å². The average molecular weight is 601 g/mol. The lowest BCUT2D eigenvalue weighted by atomic mass is 10.2. The van der Waals surface area contributed by atoms with Gasteiger partial charge in [0.1, 0.15) is 0 Å². The molecule has 4 rings (SSSR count). The summed E-state index contributed by atoms with van der Waals surface area (Å²) in [5, 5.41) is 0.434. The molecule has 0 radical (unpaired) electrons. The van der Waals surface area contributed by atoms with Crippen molar-refractivity contribution < 1.29 is 21.6 Å². The second kappa shape index (κ2) is 12.1. The molecule has 1 amide bonds. The average Bonchev–Trinajstić information content (AvgIpc) is 3.34. The minimum atomic E-state index is -3.78. The first-order valence-corrected chi connectivity index (χ1v) is 16.8. The zero-order chi connectivity index (χ0) is 29.1. The van der Waals surface area contributed by atoms with Crippen molar-refractivity contribution in [2.45, 2.75) is 23.3 Å². The number of carbonyl (C=O) groups is 1. The van der Waals surface area contributed by atoms with Crippen LogP contribution < -0.4 is 4.90 Å². The van der Waals surface area contributed by atoms with Gasteiger partial charge in [0, 0.05) is 38.0 Å². The second-order valence-corrected chi connectivity index (χ2v) is 14.6. The summed E-state index contributed by atoms with van der Waals surface area (Å²) in [4.78, 5) is 22.0. The number of hydrogen-bond acceptors (Lipinski definition) is 8. The van der Waals surface area contributed by atoms with E-state index in [1.165, 1.54) is 46.0 Å². The van der Waals surface area contributed by atoms with Gasteiger partial charge in [0.15, 0.2) is 15.0 Å². The van der Waals surface area contributed by atoms with Crippen LogP contribution in [0.2, 0.25) is 0 Å². The number of nitrogens with zero attached hydrogens (tertiary/aromatic N) is 4. The number of sulfonamides is 1. The number of fused-ring (bicyclic) bond motifs is 1. The van der Waals surface area contributed by atoms with Gasteiger partial charge in [0.05, 0.1) is 20.0 Å². The van der Waals surface area contributed by atoms with Crippen LogP contribution in [0.1, 0.15) is 22.8 Å². The van der Waals surface area contributed by atoms with Crippen molar-refractivity contribution in [2.24, 2.45) is 0 Å². The summed E-state index contributed by atoms with van der Waals surface area (Å²) in [5.41, 5.74) is 1.80. The van der Waals surface area contributed by atoms with E-state index < -0.39 is 19.9 Å². The van der Waals surface area contributed by atoms with E-state index in [1.807, 2.05) is 49.3 Å². The molecule has 212 valence electrons. The molecule has 0 fully saturated rings. The van der Waals surface area contributed by atoms with E-state index in [0.717, 1.165) is 11.8 Å². The smallest absolute Gasteiger partial charge is 0.260 e. The Bertz CT molecular complexity index is 1700. The monoisotopic (exact) mass is 600 g/mol. The fraction of sp³-hybridized carbons (Fsp3) is 0.286. The van der Waals surface area contributed by atoms with Crippen LogP contribution in [0.25, 0.3) is 10.2 Å². The molecule has 0 N–H and O–H groups in total. The highest BCUT2D eigenvalue weighted by atomic mass is 32.2. The molecule has 0 aliphatic rings. The van der Waals surface area contributed by atoms with E-state index >= 15 is 0 Å². The van der Waals surface area contributed by atoms with Crippen LogP contribution in [0.4, 0.5) is 5.13 Å². The van der Waals surface area contributed by atoms with E-state index in [0.29, 0.717) is 40.5 Å². The quantitative estimate of drug-likeness (QED) is 0.255. The molecule has 0 saturated carbocycles. The van der Waals surface area contributed by atoms with Crippen LogP contribution in [0.5, 0.6) is 0 Å². The summed E-state index contributed by atoms with van der Waals surface area (Å²) in [5.74, 6) is -0.329. The van der Waals surface area contributed by atoms with Gasteiger partial charge in [-0.1, -0.05) is 48.6 Å². The molecular formula is C28H32N4O5S3. The number of amides is 1. The molecule has 9 nitrogen and oxygen atoms in total. The Labute approximate surface area is 239 Å². The molecule has 1 aromatic heterocycles. The van der Waals surface area contributed by atoms with Crippen molar-refractivity contribution in [1.82, 2.24) is 14.2 Å². The Morgan fingerprint density at radius 3 is 2.12 bits per heavy atom. The lowest BCUT2D eigenvalue weighted by molar-refractivity contribution is 0.0985. The zero-order valence-electron chi connectivity index (χ0n) is 22.8. The first kappa shape index (κ1) is 29.8. The number of rotatable bonds is 11. The predicted octanol–water partition coefficient (Wildman–Crippen LogP) is 4.12. The number of hydrogen-bond donors (Lipinski definition) is 0. The molecule has 0 bridgehead atoms.